The van der Waals surface area contributed by atoms with Crippen molar-refractivity contribution in [1.82, 2.24) is 0 Å². The molecule has 2 aromatic rings. The third kappa shape index (κ3) is 3.25. The van der Waals surface area contributed by atoms with Gasteiger partial charge in [-0.2, -0.15) is 5.26 Å². The topological polar surface area (TPSA) is 23.8 Å². The molecule has 0 N–H and O–H groups in total. The molecule has 0 saturated carbocycles. The van der Waals surface area contributed by atoms with Crippen LogP contribution in [0.5, 0.6) is 0 Å². The Labute approximate surface area is 128 Å². The zero-order valence-electron chi connectivity index (χ0n) is 11.4. The van der Waals surface area contributed by atoms with Gasteiger partial charge in [-0.3, -0.25) is 0 Å². The second-order valence-corrected chi connectivity index (χ2v) is 5.65. The molecule has 0 aliphatic heterocycles. The smallest absolute Gasteiger partial charge is 0.101 e. The maximum atomic E-state index is 9.38. The van der Waals surface area contributed by atoms with Gasteiger partial charge in [-0.05, 0) is 36.4 Å². The van der Waals surface area contributed by atoms with Gasteiger partial charge in [0, 0.05) is 4.90 Å². The Hall–Kier alpha value is -1.69. The Morgan fingerprint density at radius 2 is 1.55 bits per heavy atom. The van der Waals surface area contributed by atoms with Crippen molar-refractivity contribution in [3.8, 4) is 6.07 Å². The third-order valence-corrected chi connectivity index (χ3v) is 4.17. The Bertz CT molecular complexity index is 664. The van der Waals surface area contributed by atoms with Crippen LogP contribution in [0.15, 0.2) is 53.4 Å². The van der Waals surface area contributed by atoms with Gasteiger partial charge in [0.25, 0.3) is 0 Å². The number of nitriles is 1. The van der Waals surface area contributed by atoms with E-state index in [9.17, 15) is 5.26 Å². The fourth-order valence-corrected chi connectivity index (χ4v) is 2.53. The average Bonchev–Trinajstić information content (AvgIpc) is 2.50. The molecule has 0 spiro atoms. The fraction of sp³-hybridized carbons (Fsp3) is 0.118. The Kier molecular flexibility index (Phi) is 4.89. The molecule has 0 saturated heterocycles. The van der Waals surface area contributed by atoms with Crippen molar-refractivity contribution in [2.24, 2.45) is 0 Å². The predicted molar refractivity (Wildman–Crippen MR) is 87.7 cm³/mol. The number of rotatable bonds is 3. The number of benzene rings is 2. The molecule has 0 unspecified atom stereocenters. The number of hydrogen-bond acceptors (Lipinski definition) is 2. The van der Waals surface area contributed by atoms with E-state index in [2.05, 4.69) is 6.07 Å². The molecule has 0 aliphatic carbocycles. The predicted octanol–water partition coefficient (Wildman–Crippen LogP) is 5.35. The summed E-state index contributed by atoms with van der Waals surface area (Å²) in [5, 5.41) is 9.87. The van der Waals surface area contributed by atoms with Crippen LogP contribution in [0.2, 0.25) is 0 Å². The van der Waals surface area contributed by atoms with Crippen LogP contribution in [0.4, 0.5) is 0 Å². The second kappa shape index (κ2) is 6.65. The quantitative estimate of drug-likeness (QED) is 0.433. The van der Waals surface area contributed by atoms with Crippen LogP contribution >= 0.6 is 23.4 Å². The van der Waals surface area contributed by atoms with Crippen LogP contribution in [0, 0.1) is 18.3 Å². The molecule has 3 heteroatoms. The summed E-state index contributed by atoms with van der Waals surface area (Å²) in [7, 11) is 0. The lowest BCUT2D eigenvalue weighted by atomic mass is 10.0. The number of nitrogens with zero attached hydrogens (tertiary/aromatic N) is 1. The first-order valence-electron chi connectivity index (χ1n) is 6.17. The summed E-state index contributed by atoms with van der Waals surface area (Å²) in [4.78, 5) is 1.17. The van der Waals surface area contributed by atoms with Crippen molar-refractivity contribution in [2.45, 2.75) is 11.8 Å². The minimum Gasteiger partial charge on any atom is -0.192 e. The lowest BCUT2D eigenvalue weighted by Gasteiger charge is -2.06. The van der Waals surface area contributed by atoms with Crippen LogP contribution < -0.4 is 0 Å². The van der Waals surface area contributed by atoms with Gasteiger partial charge in [0.2, 0.25) is 0 Å². The molecule has 0 atom stereocenters. The number of allylic oxidation sites excluding steroid dienone is 1. The summed E-state index contributed by atoms with van der Waals surface area (Å²) in [6.07, 6.45) is 2.03. The summed E-state index contributed by atoms with van der Waals surface area (Å²) < 4.78 is 0. The molecule has 20 heavy (non-hydrogen) atoms. The number of hydrogen-bond donors (Lipinski definition) is 0. The minimum atomic E-state index is 0.490. The van der Waals surface area contributed by atoms with Gasteiger partial charge in [-0.1, -0.05) is 53.6 Å². The second-order valence-electron chi connectivity index (χ2n) is 4.40. The van der Waals surface area contributed by atoms with Crippen molar-refractivity contribution >= 4 is 34.0 Å². The highest BCUT2D eigenvalue weighted by molar-refractivity contribution is 7.98. The first-order chi connectivity index (χ1) is 9.65. The van der Waals surface area contributed by atoms with E-state index < -0.39 is 0 Å². The first-order valence-corrected chi connectivity index (χ1v) is 7.77. The average molecular weight is 300 g/mol. The number of aryl methyl sites for hydroxylation is 1. The van der Waals surface area contributed by atoms with Crippen molar-refractivity contribution < 1.29 is 0 Å². The zero-order chi connectivity index (χ0) is 14.5. The normalized spacial score (nSPS) is 11.7. The van der Waals surface area contributed by atoms with Gasteiger partial charge >= 0.3 is 0 Å². The third-order valence-electron chi connectivity index (χ3n) is 3.02. The molecule has 2 aromatic carbocycles. The molecule has 0 fully saturated rings. The molecule has 100 valence electrons. The number of thioether (sulfide) groups is 1. The van der Waals surface area contributed by atoms with Crippen molar-refractivity contribution in [1.29, 1.82) is 5.26 Å². The van der Waals surface area contributed by atoms with E-state index in [1.807, 2.05) is 61.7 Å². The highest BCUT2D eigenvalue weighted by atomic mass is 35.5. The summed E-state index contributed by atoms with van der Waals surface area (Å²) in [6.45, 7) is 2.02. The zero-order valence-corrected chi connectivity index (χ0v) is 12.9. The molecule has 0 aliphatic rings. The SMILES string of the molecule is CSc1ccc(/C(Cl)=C(/C#N)c2ccc(C)cc2)cc1. The van der Waals surface area contributed by atoms with Crippen LogP contribution in [-0.2, 0) is 0 Å². The van der Waals surface area contributed by atoms with Crippen LogP contribution in [0.3, 0.4) is 0 Å². The van der Waals surface area contributed by atoms with Gasteiger partial charge in [-0.15, -0.1) is 11.8 Å². The highest BCUT2D eigenvalue weighted by Gasteiger charge is 2.09. The standard InChI is InChI=1S/C17H14ClNS/c1-12-3-5-13(6-4-12)16(11-19)17(18)14-7-9-15(20-2)10-8-14/h3-10H,1-2H3/b17-16+. The molecule has 2 rings (SSSR count). The number of halogens is 1. The maximum Gasteiger partial charge on any atom is 0.101 e. The largest absolute Gasteiger partial charge is 0.192 e. The molecular formula is C17H14ClNS. The lowest BCUT2D eigenvalue weighted by Crippen LogP contribution is -1.87. The van der Waals surface area contributed by atoms with E-state index in [0.29, 0.717) is 10.6 Å². The molecule has 0 radical (unpaired) electrons. The van der Waals surface area contributed by atoms with E-state index in [1.165, 1.54) is 4.90 Å². The van der Waals surface area contributed by atoms with E-state index in [4.69, 9.17) is 11.6 Å². The van der Waals surface area contributed by atoms with Crippen molar-refractivity contribution in [3.63, 3.8) is 0 Å². The Morgan fingerprint density at radius 3 is 2.05 bits per heavy atom. The van der Waals surface area contributed by atoms with Gasteiger partial charge in [-0.25, -0.2) is 0 Å². The van der Waals surface area contributed by atoms with E-state index in [1.54, 1.807) is 11.8 Å². The molecule has 0 aromatic heterocycles. The molecule has 0 heterocycles. The fourth-order valence-electron chi connectivity index (χ4n) is 1.84. The summed E-state index contributed by atoms with van der Waals surface area (Å²) in [5.74, 6) is 0. The van der Waals surface area contributed by atoms with Gasteiger partial charge in [0.05, 0.1) is 10.6 Å². The van der Waals surface area contributed by atoms with Crippen molar-refractivity contribution in [3.05, 3.63) is 65.2 Å². The lowest BCUT2D eigenvalue weighted by molar-refractivity contribution is 1.44. The van der Waals surface area contributed by atoms with Gasteiger partial charge in [0.15, 0.2) is 0 Å². The minimum absolute atomic E-state index is 0.490. The molecular weight excluding hydrogens is 286 g/mol. The van der Waals surface area contributed by atoms with Crippen LogP contribution in [0.1, 0.15) is 16.7 Å². The summed E-state index contributed by atoms with van der Waals surface area (Å²) in [6, 6.07) is 17.9. The Balaban J connectivity index is 2.46. The van der Waals surface area contributed by atoms with E-state index in [0.717, 1.165) is 16.7 Å². The van der Waals surface area contributed by atoms with Crippen molar-refractivity contribution in [2.75, 3.05) is 6.26 Å². The highest BCUT2D eigenvalue weighted by Crippen LogP contribution is 2.30. The van der Waals surface area contributed by atoms with Gasteiger partial charge < -0.3 is 0 Å². The van der Waals surface area contributed by atoms with Crippen LogP contribution in [0.25, 0.3) is 10.6 Å². The molecule has 0 bridgehead atoms. The monoisotopic (exact) mass is 299 g/mol. The summed E-state index contributed by atoms with van der Waals surface area (Å²) >= 11 is 8.07. The first kappa shape index (κ1) is 14.7. The van der Waals surface area contributed by atoms with E-state index >= 15 is 0 Å². The Morgan fingerprint density at radius 1 is 1.00 bits per heavy atom. The van der Waals surface area contributed by atoms with Gasteiger partial charge in [0.1, 0.15) is 6.07 Å². The molecule has 1 nitrogen and oxygen atoms in total. The maximum absolute atomic E-state index is 9.38. The van der Waals surface area contributed by atoms with Crippen LogP contribution in [-0.4, -0.2) is 6.26 Å². The van der Waals surface area contributed by atoms with E-state index in [-0.39, 0.29) is 0 Å². The summed E-state index contributed by atoms with van der Waals surface area (Å²) in [5.41, 5.74) is 3.37. The molecule has 0 amide bonds.